The minimum atomic E-state index is -0.299. The smallest absolute Gasteiger partial charge is 0.145 e. The van der Waals surface area contributed by atoms with Gasteiger partial charge in [0.1, 0.15) is 17.3 Å². The van der Waals surface area contributed by atoms with E-state index in [9.17, 15) is 4.39 Å². The Balaban J connectivity index is 2.51. The van der Waals surface area contributed by atoms with Gasteiger partial charge in [-0.15, -0.1) is 0 Å². The molecule has 0 aliphatic carbocycles. The van der Waals surface area contributed by atoms with E-state index in [2.05, 4.69) is 10.3 Å². The lowest BCUT2D eigenvalue weighted by atomic mass is 10.1. The Kier molecular flexibility index (Phi) is 3.89. The van der Waals surface area contributed by atoms with Crippen molar-refractivity contribution in [1.82, 2.24) is 10.3 Å². The SMILES string of the molecule is CNCc1ccc(F)c(-c2ncccc2OC)c1. The van der Waals surface area contributed by atoms with Gasteiger partial charge >= 0.3 is 0 Å². The Morgan fingerprint density at radius 3 is 2.89 bits per heavy atom. The Morgan fingerprint density at radius 2 is 2.17 bits per heavy atom. The number of rotatable bonds is 4. The summed E-state index contributed by atoms with van der Waals surface area (Å²) in [4.78, 5) is 4.20. The molecule has 0 amide bonds. The van der Waals surface area contributed by atoms with E-state index in [1.54, 1.807) is 37.6 Å². The highest BCUT2D eigenvalue weighted by atomic mass is 19.1. The lowest BCUT2D eigenvalue weighted by molar-refractivity contribution is 0.414. The molecule has 2 rings (SSSR count). The largest absolute Gasteiger partial charge is 0.494 e. The Morgan fingerprint density at radius 1 is 1.33 bits per heavy atom. The summed E-state index contributed by atoms with van der Waals surface area (Å²) >= 11 is 0. The van der Waals surface area contributed by atoms with Crippen LogP contribution < -0.4 is 10.1 Å². The van der Waals surface area contributed by atoms with Gasteiger partial charge < -0.3 is 10.1 Å². The van der Waals surface area contributed by atoms with E-state index in [4.69, 9.17) is 4.74 Å². The number of hydrogen-bond donors (Lipinski definition) is 1. The van der Waals surface area contributed by atoms with Crippen molar-refractivity contribution in [2.24, 2.45) is 0 Å². The number of nitrogens with zero attached hydrogens (tertiary/aromatic N) is 1. The summed E-state index contributed by atoms with van der Waals surface area (Å²) in [7, 11) is 3.40. The number of halogens is 1. The molecule has 0 aliphatic heterocycles. The maximum atomic E-state index is 13.9. The second-order valence-corrected chi connectivity index (χ2v) is 3.90. The number of methoxy groups -OCH3 is 1. The van der Waals surface area contributed by atoms with Gasteiger partial charge in [-0.2, -0.15) is 0 Å². The summed E-state index contributed by atoms with van der Waals surface area (Å²) in [6.07, 6.45) is 1.63. The van der Waals surface area contributed by atoms with Crippen LogP contribution in [0, 0.1) is 5.82 Å². The van der Waals surface area contributed by atoms with Crippen LogP contribution in [0.2, 0.25) is 0 Å². The van der Waals surface area contributed by atoms with Gasteiger partial charge in [-0.3, -0.25) is 4.98 Å². The Bertz CT molecular complexity index is 543. The molecule has 0 aliphatic rings. The van der Waals surface area contributed by atoms with Crippen LogP contribution in [0.3, 0.4) is 0 Å². The van der Waals surface area contributed by atoms with E-state index in [0.29, 0.717) is 23.6 Å². The number of aromatic nitrogens is 1. The number of ether oxygens (including phenoxy) is 1. The predicted molar refractivity (Wildman–Crippen MR) is 68.9 cm³/mol. The summed E-state index contributed by atoms with van der Waals surface area (Å²) in [6, 6.07) is 8.53. The topological polar surface area (TPSA) is 34.2 Å². The van der Waals surface area contributed by atoms with Crippen molar-refractivity contribution in [3.8, 4) is 17.0 Å². The lowest BCUT2D eigenvalue weighted by Crippen LogP contribution is -2.05. The molecule has 1 heterocycles. The van der Waals surface area contributed by atoms with Gasteiger partial charge in [0.15, 0.2) is 0 Å². The maximum absolute atomic E-state index is 13.9. The third kappa shape index (κ3) is 2.49. The summed E-state index contributed by atoms with van der Waals surface area (Å²) in [5.41, 5.74) is 1.98. The minimum Gasteiger partial charge on any atom is -0.494 e. The summed E-state index contributed by atoms with van der Waals surface area (Å²) in [5.74, 6) is 0.268. The van der Waals surface area contributed by atoms with Gasteiger partial charge in [-0.1, -0.05) is 6.07 Å². The maximum Gasteiger partial charge on any atom is 0.145 e. The van der Waals surface area contributed by atoms with Crippen LogP contribution in [0.1, 0.15) is 5.56 Å². The highest BCUT2D eigenvalue weighted by Crippen LogP contribution is 2.29. The fraction of sp³-hybridized carbons (Fsp3) is 0.214. The van der Waals surface area contributed by atoms with Gasteiger partial charge in [0.25, 0.3) is 0 Å². The van der Waals surface area contributed by atoms with Crippen LogP contribution in [0.5, 0.6) is 5.75 Å². The first-order valence-electron chi connectivity index (χ1n) is 5.68. The van der Waals surface area contributed by atoms with Gasteiger partial charge in [0.05, 0.1) is 7.11 Å². The van der Waals surface area contributed by atoms with Crippen LogP contribution in [-0.2, 0) is 6.54 Å². The molecule has 4 heteroatoms. The van der Waals surface area contributed by atoms with Crippen LogP contribution in [0.25, 0.3) is 11.3 Å². The second kappa shape index (κ2) is 5.60. The van der Waals surface area contributed by atoms with Gasteiger partial charge in [0.2, 0.25) is 0 Å². The van der Waals surface area contributed by atoms with Crippen LogP contribution >= 0.6 is 0 Å². The van der Waals surface area contributed by atoms with Crippen molar-refractivity contribution in [1.29, 1.82) is 0 Å². The highest BCUT2D eigenvalue weighted by molar-refractivity contribution is 5.67. The van der Waals surface area contributed by atoms with Gasteiger partial charge in [-0.05, 0) is 36.9 Å². The first-order chi connectivity index (χ1) is 8.76. The Labute approximate surface area is 106 Å². The van der Waals surface area contributed by atoms with Crippen molar-refractivity contribution in [2.45, 2.75) is 6.54 Å². The standard InChI is InChI=1S/C14H15FN2O/c1-16-9-10-5-6-12(15)11(8-10)14-13(18-2)4-3-7-17-14/h3-8,16H,9H2,1-2H3. The minimum absolute atomic E-state index is 0.299. The molecule has 1 aromatic carbocycles. The van der Waals surface area contributed by atoms with Gasteiger partial charge in [-0.25, -0.2) is 4.39 Å². The fourth-order valence-corrected chi connectivity index (χ4v) is 1.83. The third-order valence-corrected chi connectivity index (χ3v) is 2.66. The molecule has 1 N–H and O–H groups in total. The molecule has 0 bridgehead atoms. The first-order valence-corrected chi connectivity index (χ1v) is 5.68. The number of hydrogen-bond acceptors (Lipinski definition) is 3. The molecule has 2 aromatic rings. The van der Waals surface area contributed by atoms with Gasteiger partial charge in [0, 0.05) is 18.3 Å². The quantitative estimate of drug-likeness (QED) is 0.900. The molecular weight excluding hydrogens is 231 g/mol. The van der Waals surface area contributed by atoms with E-state index in [-0.39, 0.29) is 5.82 Å². The van der Waals surface area contributed by atoms with Crippen molar-refractivity contribution in [2.75, 3.05) is 14.2 Å². The van der Waals surface area contributed by atoms with E-state index in [1.807, 2.05) is 7.05 Å². The molecule has 0 spiro atoms. The molecule has 1 aromatic heterocycles. The van der Waals surface area contributed by atoms with E-state index in [0.717, 1.165) is 5.56 Å². The molecule has 94 valence electrons. The number of pyridine rings is 1. The summed E-state index contributed by atoms with van der Waals surface area (Å²) in [6.45, 7) is 0.683. The zero-order valence-corrected chi connectivity index (χ0v) is 10.4. The van der Waals surface area contributed by atoms with Crippen molar-refractivity contribution >= 4 is 0 Å². The monoisotopic (exact) mass is 246 g/mol. The zero-order valence-electron chi connectivity index (χ0n) is 10.4. The third-order valence-electron chi connectivity index (χ3n) is 2.66. The lowest BCUT2D eigenvalue weighted by Gasteiger charge is -2.09. The van der Waals surface area contributed by atoms with E-state index in [1.165, 1.54) is 6.07 Å². The normalized spacial score (nSPS) is 10.4. The summed E-state index contributed by atoms with van der Waals surface area (Å²) < 4.78 is 19.1. The van der Waals surface area contributed by atoms with E-state index >= 15 is 0 Å². The van der Waals surface area contributed by atoms with Crippen molar-refractivity contribution in [3.63, 3.8) is 0 Å². The van der Waals surface area contributed by atoms with E-state index < -0.39 is 0 Å². The number of benzene rings is 1. The van der Waals surface area contributed by atoms with Crippen LogP contribution in [0.15, 0.2) is 36.5 Å². The molecule has 0 fully saturated rings. The zero-order chi connectivity index (χ0) is 13.0. The van der Waals surface area contributed by atoms with Crippen molar-refractivity contribution < 1.29 is 9.13 Å². The molecule has 18 heavy (non-hydrogen) atoms. The molecule has 3 nitrogen and oxygen atoms in total. The molecule has 0 saturated carbocycles. The second-order valence-electron chi connectivity index (χ2n) is 3.90. The van der Waals surface area contributed by atoms with Crippen LogP contribution in [-0.4, -0.2) is 19.1 Å². The molecule has 0 atom stereocenters. The number of nitrogens with one attached hydrogen (secondary N) is 1. The highest BCUT2D eigenvalue weighted by Gasteiger charge is 2.12. The average Bonchev–Trinajstić information content (AvgIpc) is 2.41. The fourth-order valence-electron chi connectivity index (χ4n) is 1.83. The predicted octanol–water partition coefficient (Wildman–Crippen LogP) is 2.62. The molecule has 0 radical (unpaired) electrons. The summed E-state index contributed by atoms with van der Waals surface area (Å²) in [5, 5.41) is 3.04. The Hall–Kier alpha value is -1.94. The molecular formula is C14H15FN2O. The average molecular weight is 246 g/mol. The van der Waals surface area contributed by atoms with Crippen molar-refractivity contribution in [3.05, 3.63) is 47.9 Å². The molecule has 0 unspecified atom stereocenters. The molecule has 0 saturated heterocycles. The first kappa shape index (κ1) is 12.5. The van der Waals surface area contributed by atoms with Crippen LogP contribution in [0.4, 0.5) is 4.39 Å².